The number of hydrogen-bond donors (Lipinski definition) is 0. The van der Waals surface area contributed by atoms with Gasteiger partial charge in [0.1, 0.15) is 0 Å². The van der Waals surface area contributed by atoms with Gasteiger partial charge in [-0.05, 0) is 6.42 Å². The number of aromatic nitrogens is 2. The molecule has 0 bridgehead atoms. The Balaban J connectivity index is 1.95. The molecule has 0 saturated carbocycles. The molecule has 0 radical (unpaired) electrons. The molecule has 1 saturated heterocycles. The smallest absolute Gasteiger partial charge is 0.195 e. The van der Waals surface area contributed by atoms with E-state index in [1.165, 1.54) is 5.69 Å². The molecule has 2 aromatic heterocycles. The maximum atomic E-state index is 5.72. The Kier molecular flexibility index (Phi) is 3.59. The van der Waals surface area contributed by atoms with E-state index in [1.54, 1.807) is 11.3 Å². The SMILES string of the molecule is CCC1CN(c2nc3sccn3c2CBr)CCO1. The molecule has 0 N–H and O–H groups in total. The van der Waals surface area contributed by atoms with Crippen LogP contribution in [0.1, 0.15) is 19.0 Å². The summed E-state index contributed by atoms with van der Waals surface area (Å²) >= 11 is 5.26. The van der Waals surface area contributed by atoms with E-state index in [9.17, 15) is 0 Å². The van der Waals surface area contributed by atoms with Gasteiger partial charge in [0.25, 0.3) is 0 Å². The highest BCUT2D eigenvalue weighted by Crippen LogP contribution is 2.28. The van der Waals surface area contributed by atoms with Crippen molar-refractivity contribution < 1.29 is 4.74 Å². The van der Waals surface area contributed by atoms with Crippen LogP contribution >= 0.6 is 27.3 Å². The Morgan fingerprint density at radius 2 is 2.50 bits per heavy atom. The minimum absolute atomic E-state index is 0.335. The lowest BCUT2D eigenvalue weighted by molar-refractivity contribution is 0.0381. The maximum Gasteiger partial charge on any atom is 0.195 e. The van der Waals surface area contributed by atoms with Gasteiger partial charge in [0.15, 0.2) is 10.8 Å². The summed E-state index contributed by atoms with van der Waals surface area (Å²) in [5.41, 5.74) is 1.24. The van der Waals surface area contributed by atoms with E-state index in [4.69, 9.17) is 9.72 Å². The van der Waals surface area contributed by atoms with E-state index in [-0.39, 0.29) is 0 Å². The summed E-state index contributed by atoms with van der Waals surface area (Å²) in [4.78, 5) is 8.18. The fourth-order valence-electron chi connectivity index (χ4n) is 2.36. The number of imidazole rings is 1. The number of thiazole rings is 1. The third-order valence-corrected chi connectivity index (χ3v) is 4.65. The zero-order valence-corrected chi connectivity index (χ0v) is 12.7. The van der Waals surface area contributed by atoms with Gasteiger partial charge in [-0.25, -0.2) is 4.98 Å². The third-order valence-electron chi connectivity index (χ3n) is 3.36. The largest absolute Gasteiger partial charge is 0.375 e. The molecule has 0 aromatic carbocycles. The van der Waals surface area contributed by atoms with Gasteiger partial charge in [-0.15, -0.1) is 11.3 Å². The summed E-state index contributed by atoms with van der Waals surface area (Å²) in [5.74, 6) is 1.11. The van der Waals surface area contributed by atoms with E-state index in [0.29, 0.717) is 6.10 Å². The number of rotatable bonds is 3. The number of alkyl halides is 1. The van der Waals surface area contributed by atoms with Gasteiger partial charge in [0.05, 0.1) is 18.4 Å². The van der Waals surface area contributed by atoms with E-state index in [0.717, 1.165) is 42.2 Å². The van der Waals surface area contributed by atoms with Crippen LogP contribution in [0.4, 0.5) is 5.82 Å². The Hall–Kier alpha value is -0.590. The number of ether oxygens (including phenoxy) is 1. The lowest BCUT2D eigenvalue weighted by Crippen LogP contribution is -2.42. The van der Waals surface area contributed by atoms with Gasteiger partial charge in [-0.2, -0.15) is 0 Å². The van der Waals surface area contributed by atoms with Gasteiger partial charge in [0, 0.05) is 30.0 Å². The normalized spacial score (nSPS) is 20.8. The highest BCUT2D eigenvalue weighted by molar-refractivity contribution is 9.08. The van der Waals surface area contributed by atoms with E-state index in [1.807, 2.05) is 0 Å². The molecule has 98 valence electrons. The van der Waals surface area contributed by atoms with Crippen molar-refractivity contribution >= 4 is 38.0 Å². The molecule has 1 fully saturated rings. The summed E-state index contributed by atoms with van der Waals surface area (Å²) in [6.45, 7) is 4.85. The Morgan fingerprint density at radius 1 is 1.61 bits per heavy atom. The zero-order valence-electron chi connectivity index (χ0n) is 10.3. The second-order valence-corrected chi connectivity index (χ2v) is 5.85. The number of nitrogens with zero attached hydrogens (tertiary/aromatic N) is 3. The monoisotopic (exact) mass is 329 g/mol. The van der Waals surface area contributed by atoms with Crippen molar-refractivity contribution in [1.82, 2.24) is 9.38 Å². The second-order valence-electron chi connectivity index (χ2n) is 4.42. The van der Waals surface area contributed by atoms with Crippen molar-refractivity contribution in [3.63, 3.8) is 0 Å². The van der Waals surface area contributed by atoms with Crippen molar-refractivity contribution in [2.24, 2.45) is 0 Å². The fraction of sp³-hybridized carbons (Fsp3) is 0.583. The number of hydrogen-bond acceptors (Lipinski definition) is 4. The van der Waals surface area contributed by atoms with Crippen LogP contribution in [-0.4, -0.2) is 35.2 Å². The number of morpholine rings is 1. The summed E-state index contributed by atoms with van der Waals surface area (Å²) in [7, 11) is 0. The standard InChI is InChI=1S/C12H16BrN3OS/c1-2-9-8-15(3-5-17-9)11-10(7-13)16-4-6-18-12(16)14-11/h4,6,9H,2-3,5,7-8H2,1H3. The van der Waals surface area contributed by atoms with E-state index < -0.39 is 0 Å². The molecule has 1 unspecified atom stereocenters. The van der Waals surface area contributed by atoms with Gasteiger partial charge < -0.3 is 9.64 Å². The average molecular weight is 330 g/mol. The van der Waals surface area contributed by atoms with Crippen LogP contribution in [0.5, 0.6) is 0 Å². The van der Waals surface area contributed by atoms with Crippen LogP contribution in [-0.2, 0) is 10.1 Å². The van der Waals surface area contributed by atoms with Crippen LogP contribution in [0.2, 0.25) is 0 Å². The molecule has 3 heterocycles. The van der Waals surface area contributed by atoms with E-state index >= 15 is 0 Å². The number of halogens is 1. The first-order chi connectivity index (χ1) is 8.83. The van der Waals surface area contributed by atoms with Gasteiger partial charge >= 0.3 is 0 Å². The molecule has 1 aliphatic rings. The molecule has 1 atom stereocenters. The van der Waals surface area contributed by atoms with Crippen molar-refractivity contribution in [3.8, 4) is 0 Å². The topological polar surface area (TPSA) is 29.8 Å². The van der Waals surface area contributed by atoms with Crippen LogP contribution < -0.4 is 4.90 Å². The molecule has 4 nitrogen and oxygen atoms in total. The summed E-state index contributed by atoms with van der Waals surface area (Å²) in [6, 6.07) is 0. The molecule has 0 aliphatic carbocycles. The Bertz CT molecular complexity index is 538. The van der Waals surface area contributed by atoms with Crippen LogP contribution in [0.3, 0.4) is 0 Å². The maximum absolute atomic E-state index is 5.72. The van der Waals surface area contributed by atoms with Crippen LogP contribution in [0.25, 0.3) is 4.96 Å². The first kappa shape index (κ1) is 12.4. The first-order valence-electron chi connectivity index (χ1n) is 6.20. The van der Waals surface area contributed by atoms with Gasteiger partial charge in [-0.3, -0.25) is 4.40 Å². The van der Waals surface area contributed by atoms with Crippen molar-refractivity contribution in [2.45, 2.75) is 24.8 Å². The molecule has 3 rings (SSSR count). The molecular formula is C12H16BrN3OS. The molecular weight excluding hydrogens is 314 g/mol. The molecule has 1 aliphatic heterocycles. The Labute approximate surface area is 119 Å². The predicted octanol–water partition coefficient (Wildman–Crippen LogP) is 2.91. The second kappa shape index (κ2) is 5.19. The summed E-state index contributed by atoms with van der Waals surface area (Å²) in [5, 5.41) is 2.90. The third kappa shape index (κ3) is 2.06. The lowest BCUT2D eigenvalue weighted by Gasteiger charge is -2.33. The van der Waals surface area contributed by atoms with Crippen molar-refractivity contribution in [1.29, 1.82) is 0 Å². The van der Waals surface area contributed by atoms with E-state index in [2.05, 4.69) is 43.7 Å². The fourth-order valence-corrected chi connectivity index (χ4v) is 3.61. The highest BCUT2D eigenvalue weighted by Gasteiger charge is 2.24. The number of fused-ring (bicyclic) bond motifs is 1. The van der Waals surface area contributed by atoms with Crippen molar-refractivity contribution in [3.05, 3.63) is 17.3 Å². The number of anilines is 1. The Morgan fingerprint density at radius 3 is 3.28 bits per heavy atom. The summed E-state index contributed by atoms with van der Waals surface area (Å²) in [6.07, 6.45) is 3.48. The van der Waals surface area contributed by atoms with Crippen LogP contribution in [0.15, 0.2) is 11.6 Å². The highest BCUT2D eigenvalue weighted by atomic mass is 79.9. The van der Waals surface area contributed by atoms with Gasteiger partial charge in [-0.1, -0.05) is 22.9 Å². The first-order valence-corrected chi connectivity index (χ1v) is 8.20. The quantitative estimate of drug-likeness (QED) is 0.811. The average Bonchev–Trinajstić information content (AvgIpc) is 2.98. The minimum atomic E-state index is 0.335. The molecule has 6 heteroatoms. The van der Waals surface area contributed by atoms with Crippen LogP contribution in [0, 0.1) is 0 Å². The molecule has 2 aromatic rings. The minimum Gasteiger partial charge on any atom is -0.375 e. The molecule has 18 heavy (non-hydrogen) atoms. The predicted molar refractivity (Wildman–Crippen MR) is 77.9 cm³/mol. The summed E-state index contributed by atoms with van der Waals surface area (Å²) < 4.78 is 7.89. The van der Waals surface area contributed by atoms with Crippen molar-refractivity contribution in [2.75, 3.05) is 24.6 Å². The molecule has 0 spiro atoms. The molecule has 0 amide bonds. The lowest BCUT2D eigenvalue weighted by atomic mass is 10.2. The van der Waals surface area contributed by atoms with Gasteiger partial charge in [0.2, 0.25) is 0 Å². The zero-order chi connectivity index (χ0) is 12.5.